The molecule has 0 bridgehead atoms. The number of halogens is 1. The summed E-state index contributed by atoms with van der Waals surface area (Å²) in [5.41, 5.74) is 2.30. The predicted octanol–water partition coefficient (Wildman–Crippen LogP) is 1.97. The summed E-state index contributed by atoms with van der Waals surface area (Å²) in [4.78, 5) is 2.25. The van der Waals surface area contributed by atoms with E-state index in [2.05, 4.69) is 61.4 Å². The van der Waals surface area contributed by atoms with Gasteiger partial charge in [0.2, 0.25) is 0 Å². The Morgan fingerprint density at radius 3 is 3.05 bits per heavy atom. The predicted molar refractivity (Wildman–Crippen MR) is 79.1 cm³/mol. The Morgan fingerprint density at radius 1 is 1.50 bits per heavy atom. The van der Waals surface area contributed by atoms with Crippen molar-refractivity contribution in [3.63, 3.8) is 0 Å². The fraction of sp³-hybridized carbons (Fsp3) is 0.429. The zero-order valence-electron chi connectivity index (χ0n) is 11.3. The minimum absolute atomic E-state index is 0.592. The van der Waals surface area contributed by atoms with Crippen LogP contribution in [-0.2, 0) is 12.1 Å². The molecule has 2 aromatic rings. The van der Waals surface area contributed by atoms with Crippen molar-refractivity contribution in [2.75, 3.05) is 13.1 Å². The summed E-state index contributed by atoms with van der Waals surface area (Å²) < 4.78 is 1.10. The van der Waals surface area contributed by atoms with Crippen molar-refractivity contribution in [1.82, 2.24) is 20.3 Å². The van der Waals surface area contributed by atoms with E-state index in [0.717, 1.165) is 17.6 Å². The number of β-amino-alcohol motifs (C(OH)–C–C–N with tert-alkyl or cyclic N) is 1. The minimum atomic E-state index is -0.879. The number of rotatable bonds is 3. The van der Waals surface area contributed by atoms with E-state index in [-0.39, 0.29) is 0 Å². The van der Waals surface area contributed by atoms with Gasteiger partial charge < -0.3 is 5.11 Å². The maximum Gasteiger partial charge on any atom is 0.124 e. The van der Waals surface area contributed by atoms with Crippen LogP contribution < -0.4 is 0 Å². The van der Waals surface area contributed by atoms with Gasteiger partial charge in [-0.15, -0.1) is 0 Å². The van der Waals surface area contributed by atoms with Gasteiger partial charge in [-0.1, -0.05) is 22.0 Å². The van der Waals surface area contributed by atoms with Gasteiger partial charge >= 0.3 is 0 Å². The largest absolute Gasteiger partial charge is 0.382 e. The van der Waals surface area contributed by atoms with Crippen molar-refractivity contribution in [2.45, 2.75) is 25.5 Å². The molecule has 1 aliphatic heterocycles. The zero-order valence-corrected chi connectivity index (χ0v) is 12.9. The SMILES string of the molecule is Cc1cc(Br)ccc1CN1CC[C@](O)(c2cn[nH]n2)C1. The normalized spacial score (nSPS) is 23.4. The lowest BCUT2D eigenvalue weighted by Crippen LogP contribution is -2.31. The number of aryl methyl sites for hydroxylation is 1. The molecule has 106 valence electrons. The number of nitrogens with zero attached hydrogens (tertiary/aromatic N) is 3. The topological polar surface area (TPSA) is 65.0 Å². The first kappa shape index (κ1) is 13.7. The van der Waals surface area contributed by atoms with Crippen molar-refractivity contribution >= 4 is 15.9 Å². The van der Waals surface area contributed by atoms with Crippen molar-refractivity contribution in [3.8, 4) is 0 Å². The van der Waals surface area contributed by atoms with E-state index in [9.17, 15) is 5.11 Å². The van der Waals surface area contributed by atoms with E-state index < -0.39 is 5.60 Å². The summed E-state index contributed by atoms with van der Waals surface area (Å²) in [7, 11) is 0. The molecule has 1 aromatic carbocycles. The van der Waals surface area contributed by atoms with Crippen LogP contribution in [0.25, 0.3) is 0 Å². The molecule has 1 aromatic heterocycles. The summed E-state index contributed by atoms with van der Waals surface area (Å²) in [6.07, 6.45) is 2.30. The number of likely N-dealkylation sites (tertiary alicyclic amines) is 1. The van der Waals surface area contributed by atoms with Gasteiger partial charge in [-0.2, -0.15) is 15.4 Å². The molecule has 1 atom stereocenters. The molecule has 0 aliphatic carbocycles. The Kier molecular flexibility index (Phi) is 3.62. The third-order valence-corrected chi connectivity index (χ3v) is 4.41. The molecule has 3 rings (SSSR count). The third kappa shape index (κ3) is 2.63. The molecule has 1 fully saturated rings. The fourth-order valence-corrected chi connectivity index (χ4v) is 3.19. The lowest BCUT2D eigenvalue weighted by molar-refractivity contribution is 0.0408. The Morgan fingerprint density at radius 2 is 2.35 bits per heavy atom. The van der Waals surface area contributed by atoms with Gasteiger partial charge in [0.25, 0.3) is 0 Å². The fourth-order valence-electron chi connectivity index (χ4n) is 2.72. The number of aromatic amines is 1. The summed E-state index contributed by atoms with van der Waals surface area (Å²) in [5, 5.41) is 21.0. The van der Waals surface area contributed by atoms with E-state index in [1.807, 2.05) is 0 Å². The van der Waals surface area contributed by atoms with Gasteiger partial charge in [-0.3, -0.25) is 4.90 Å². The maximum atomic E-state index is 10.6. The Balaban J connectivity index is 1.72. The second-order valence-corrected chi connectivity index (χ2v) is 6.33. The Bertz CT molecular complexity index is 601. The number of benzene rings is 1. The summed E-state index contributed by atoms with van der Waals surface area (Å²) in [5.74, 6) is 0. The number of aromatic nitrogens is 3. The second kappa shape index (κ2) is 5.27. The van der Waals surface area contributed by atoms with E-state index in [1.165, 1.54) is 11.1 Å². The van der Waals surface area contributed by atoms with Crippen LogP contribution in [-0.4, -0.2) is 38.5 Å². The molecule has 5 nitrogen and oxygen atoms in total. The van der Waals surface area contributed by atoms with Crippen LogP contribution in [0.15, 0.2) is 28.9 Å². The molecule has 0 spiro atoms. The van der Waals surface area contributed by atoms with Gasteiger partial charge in [0.15, 0.2) is 0 Å². The highest BCUT2D eigenvalue weighted by molar-refractivity contribution is 9.10. The quantitative estimate of drug-likeness (QED) is 0.899. The molecule has 1 aliphatic rings. The van der Waals surface area contributed by atoms with Crippen LogP contribution in [0.3, 0.4) is 0 Å². The lowest BCUT2D eigenvalue weighted by Gasteiger charge is -2.21. The first-order valence-electron chi connectivity index (χ1n) is 6.63. The number of aliphatic hydroxyl groups is 1. The van der Waals surface area contributed by atoms with Crippen LogP contribution in [0, 0.1) is 6.92 Å². The first-order chi connectivity index (χ1) is 9.57. The first-order valence-corrected chi connectivity index (χ1v) is 7.42. The zero-order chi connectivity index (χ0) is 14.2. The van der Waals surface area contributed by atoms with Crippen molar-refractivity contribution in [2.24, 2.45) is 0 Å². The maximum absolute atomic E-state index is 10.6. The summed E-state index contributed by atoms with van der Waals surface area (Å²) in [6.45, 7) is 4.41. The van der Waals surface area contributed by atoms with Gasteiger partial charge in [-0.05, 0) is 36.6 Å². The summed E-state index contributed by atoms with van der Waals surface area (Å²) >= 11 is 3.48. The standard InChI is InChI=1S/C14H17BrN4O/c1-10-6-12(15)3-2-11(10)8-19-5-4-14(20,9-19)13-7-16-18-17-13/h2-3,6-7,20H,4-5,8-9H2,1H3,(H,16,17,18)/t14-/m1/s1. The van der Waals surface area contributed by atoms with Gasteiger partial charge in [-0.25, -0.2) is 0 Å². The number of hydrogen-bond acceptors (Lipinski definition) is 4. The molecular weight excluding hydrogens is 320 g/mol. The van der Waals surface area contributed by atoms with E-state index in [1.54, 1.807) is 6.20 Å². The monoisotopic (exact) mass is 336 g/mol. The lowest BCUT2D eigenvalue weighted by atomic mass is 10.00. The number of hydrogen-bond donors (Lipinski definition) is 2. The van der Waals surface area contributed by atoms with Crippen LogP contribution in [0.2, 0.25) is 0 Å². The Hall–Kier alpha value is -1.24. The highest BCUT2D eigenvalue weighted by atomic mass is 79.9. The summed E-state index contributed by atoms with van der Waals surface area (Å²) in [6, 6.07) is 6.31. The van der Waals surface area contributed by atoms with E-state index >= 15 is 0 Å². The molecular formula is C14H17BrN4O. The van der Waals surface area contributed by atoms with Gasteiger partial charge in [0.1, 0.15) is 11.3 Å². The van der Waals surface area contributed by atoms with Gasteiger partial charge in [0.05, 0.1) is 6.20 Å². The average molecular weight is 337 g/mol. The smallest absolute Gasteiger partial charge is 0.124 e. The number of nitrogens with one attached hydrogen (secondary N) is 1. The van der Waals surface area contributed by atoms with Crippen LogP contribution >= 0.6 is 15.9 Å². The molecule has 2 heterocycles. The molecule has 0 saturated carbocycles. The van der Waals surface area contributed by atoms with Crippen LogP contribution in [0.1, 0.15) is 23.2 Å². The van der Waals surface area contributed by atoms with Crippen molar-refractivity contribution in [1.29, 1.82) is 0 Å². The Labute approximate surface area is 126 Å². The van der Waals surface area contributed by atoms with Crippen molar-refractivity contribution < 1.29 is 5.11 Å². The average Bonchev–Trinajstić information content (AvgIpc) is 3.03. The highest BCUT2D eigenvalue weighted by Crippen LogP contribution is 2.31. The molecule has 20 heavy (non-hydrogen) atoms. The van der Waals surface area contributed by atoms with E-state index in [4.69, 9.17) is 0 Å². The number of H-pyrrole nitrogens is 1. The highest BCUT2D eigenvalue weighted by Gasteiger charge is 2.39. The molecule has 1 saturated heterocycles. The molecule has 0 unspecified atom stereocenters. The second-order valence-electron chi connectivity index (χ2n) is 5.42. The van der Waals surface area contributed by atoms with Crippen LogP contribution in [0.4, 0.5) is 0 Å². The van der Waals surface area contributed by atoms with Crippen molar-refractivity contribution in [3.05, 3.63) is 45.7 Å². The molecule has 6 heteroatoms. The third-order valence-electron chi connectivity index (χ3n) is 3.92. The molecule has 2 N–H and O–H groups in total. The van der Waals surface area contributed by atoms with Crippen LogP contribution in [0.5, 0.6) is 0 Å². The van der Waals surface area contributed by atoms with Gasteiger partial charge in [0, 0.05) is 24.1 Å². The minimum Gasteiger partial charge on any atom is -0.382 e. The van der Waals surface area contributed by atoms with E-state index in [0.29, 0.717) is 18.7 Å². The molecule has 0 radical (unpaired) electrons. The molecule has 0 amide bonds.